The number of nitrogens with zero attached hydrogens (tertiary/aromatic N) is 6. The minimum atomic E-state index is -0.450. The van der Waals surface area contributed by atoms with Gasteiger partial charge in [0.2, 0.25) is 5.91 Å². The zero-order valence-electron chi connectivity index (χ0n) is 21.5. The van der Waals surface area contributed by atoms with Gasteiger partial charge in [0.05, 0.1) is 46.4 Å². The fourth-order valence-electron chi connectivity index (χ4n) is 5.47. The molecule has 2 bridgehead atoms. The molecule has 4 aromatic heterocycles. The van der Waals surface area contributed by atoms with Gasteiger partial charge in [0.25, 0.3) is 0 Å². The van der Waals surface area contributed by atoms with Crippen LogP contribution in [0.3, 0.4) is 0 Å². The standard InChI is InChI=1S/C27H28N8O2S/c1-16(2)31-21-11-22(23-5-4-19-10-18(12-28)13-30-35(19)23)29-14-20(21)24-33-34-25(38-24)27-8-6-26(7-9-27,15-37-27)32-17(3)36/h4-5,10-11,13-14,16H,6-9,15H2,1-3H3,(H,29,31)(H,32,36). The van der Waals surface area contributed by atoms with E-state index in [1.54, 1.807) is 35.0 Å². The first-order valence-electron chi connectivity index (χ1n) is 12.7. The third-order valence-electron chi connectivity index (χ3n) is 7.37. The Balaban J connectivity index is 1.32. The Labute approximate surface area is 224 Å². The summed E-state index contributed by atoms with van der Waals surface area (Å²) in [6.45, 7) is 6.23. The second-order valence-corrected chi connectivity index (χ2v) is 11.5. The van der Waals surface area contributed by atoms with Crippen molar-refractivity contribution in [2.75, 3.05) is 11.9 Å². The van der Waals surface area contributed by atoms with Crippen LogP contribution in [0, 0.1) is 11.3 Å². The van der Waals surface area contributed by atoms with Crippen molar-refractivity contribution in [3.8, 4) is 28.0 Å². The molecule has 1 amide bonds. The van der Waals surface area contributed by atoms with Crippen molar-refractivity contribution >= 4 is 28.4 Å². The summed E-state index contributed by atoms with van der Waals surface area (Å²) in [6.07, 6.45) is 6.73. The number of carbonyl (C=O) groups excluding carboxylic acids is 1. The minimum Gasteiger partial charge on any atom is -0.382 e. The van der Waals surface area contributed by atoms with E-state index in [1.807, 2.05) is 24.4 Å². The van der Waals surface area contributed by atoms with Crippen LogP contribution in [0.1, 0.15) is 57.0 Å². The minimum absolute atomic E-state index is 0.0156. The highest BCUT2D eigenvalue weighted by Crippen LogP contribution is 2.51. The molecule has 38 heavy (non-hydrogen) atoms. The van der Waals surface area contributed by atoms with Crippen molar-refractivity contribution in [3.05, 3.63) is 47.2 Å². The maximum absolute atomic E-state index is 11.7. The lowest BCUT2D eigenvalue weighted by Gasteiger charge is -2.52. The molecule has 3 aliphatic rings. The van der Waals surface area contributed by atoms with Crippen molar-refractivity contribution in [1.82, 2.24) is 30.1 Å². The summed E-state index contributed by atoms with van der Waals surface area (Å²) >= 11 is 1.54. The Morgan fingerprint density at radius 3 is 2.68 bits per heavy atom. The van der Waals surface area contributed by atoms with E-state index in [4.69, 9.17) is 9.72 Å². The number of amides is 1. The molecule has 0 radical (unpaired) electrons. The van der Waals surface area contributed by atoms with E-state index in [2.05, 4.69) is 45.8 Å². The number of hydrogen-bond acceptors (Lipinski definition) is 9. The maximum Gasteiger partial charge on any atom is 0.217 e. The zero-order valence-corrected chi connectivity index (χ0v) is 22.3. The summed E-state index contributed by atoms with van der Waals surface area (Å²) < 4.78 is 8.14. The van der Waals surface area contributed by atoms with E-state index in [1.165, 1.54) is 0 Å². The lowest BCUT2D eigenvalue weighted by Crippen LogP contribution is -2.61. The fraction of sp³-hybridized carbons (Fsp3) is 0.407. The SMILES string of the molecule is CC(=O)NC12CCC(c3nnc(-c4cnc(-c5ccc6cc(C#N)cnn56)cc4NC(C)C)s3)(CC1)OC2. The maximum atomic E-state index is 11.7. The van der Waals surface area contributed by atoms with Crippen molar-refractivity contribution in [1.29, 1.82) is 5.26 Å². The van der Waals surface area contributed by atoms with Crippen LogP contribution in [0.2, 0.25) is 0 Å². The molecular weight excluding hydrogens is 500 g/mol. The smallest absolute Gasteiger partial charge is 0.217 e. The van der Waals surface area contributed by atoms with Crippen molar-refractivity contribution in [2.24, 2.45) is 0 Å². The van der Waals surface area contributed by atoms with Crippen LogP contribution in [0.25, 0.3) is 27.5 Å². The number of pyridine rings is 1. The molecule has 3 fully saturated rings. The van der Waals surface area contributed by atoms with Gasteiger partial charge in [-0.25, -0.2) is 4.52 Å². The molecule has 194 valence electrons. The zero-order chi connectivity index (χ0) is 26.5. The number of nitriles is 1. The predicted octanol–water partition coefficient (Wildman–Crippen LogP) is 4.28. The van der Waals surface area contributed by atoms with Gasteiger partial charge in [0, 0.05) is 24.8 Å². The Bertz CT molecular complexity index is 1560. The predicted molar refractivity (Wildman–Crippen MR) is 143 cm³/mol. The number of ether oxygens (including phenoxy) is 1. The van der Waals surface area contributed by atoms with Gasteiger partial charge in [-0.3, -0.25) is 9.78 Å². The van der Waals surface area contributed by atoms with Crippen molar-refractivity contribution in [2.45, 2.75) is 63.6 Å². The highest BCUT2D eigenvalue weighted by atomic mass is 32.1. The molecule has 6 heterocycles. The van der Waals surface area contributed by atoms with Gasteiger partial charge in [-0.1, -0.05) is 11.3 Å². The fourth-order valence-corrected chi connectivity index (χ4v) is 6.54. The van der Waals surface area contributed by atoms with Gasteiger partial charge in [0.15, 0.2) is 5.01 Å². The van der Waals surface area contributed by atoms with Crippen molar-refractivity contribution < 1.29 is 9.53 Å². The van der Waals surface area contributed by atoms with E-state index in [0.29, 0.717) is 12.2 Å². The van der Waals surface area contributed by atoms with Crippen molar-refractivity contribution in [3.63, 3.8) is 0 Å². The molecule has 1 saturated carbocycles. The van der Waals surface area contributed by atoms with Gasteiger partial charge >= 0.3 is 0 Å². The van der Waals surface area contributed by atoms with Gasteiger partial charge in [-0.2, -0.15) is 10.4 Å². The largest absolute Gasteiger partial charge is 0.382 e. The topological polar surface area (TPSA) is 130 Å². The van der Waals surface area contributed by atoms with Crippen LogP contribution >= 0.6 is 11.3 Å². The van der Waals surface area contributed by atoms with Crippen LogP contribution in [0.15, 0.2) is 36.7 Å². The normalized spacial score (nSPS) is 22.5. The second-order valence-electron chi connectivity index (χ2n) is 10.5. The Morgan fingerprint density at radius 1 is 1.18 bits per heavy atom. The van der Waals surface area contributed by atoms with Gasteiger partial charge in [-0.05, 0) is 63.8 Å². The Morgan fingerprint density at radius 2 is 2.00 bits per heavy atom. The van der Waals surface area contributed by atoms with Gasteiger partial charge < -0.3 is 15.4 Å². The summed E-state index contributed by atoms with van der Waals surface area (Å²) in [7, 11) is 0. The third kappa shape index (κ3) is 4.19. The second kappa shape index (κ2) is 9.15. The highest BCUT2D eigenvalue weighted by molar-refractivity contribution is 7.14. The lowest BCUT2D eigenvalue weighted by atomic mass is 9.71. The van der Waals surface area contributed by atoms with Gasteiger partial charge in [-0.15, -0.1) is 10.2 Å². The molecule has 0 unspecified atom stereocenters. The molecule has 2 saturated heterocycles. The summed E-state index contributed by atoms with van der Waals surface area (Å²) in [6, 6.07) is 10.0. The number of fused-ring (bicyclic) bond motifs is 4. The van der Waals surface area contributed by atoms with Crippen LogP contribution in [-0.4, -0.2) is 48.9 Å². The van der Waals surface area contributed by atoms with E-state index in [-0.39, 0.29) is 17.5 Å². The van der Waals surface area contributed by atoms with E-state index >= 15 is 0 Å². The quantitative estimate of drug-likeness (QED) is 0.379. The average molecular weight is 529 g/mol. The number of nitrogens with one attached hydrogen (secondary N) is 2. The monoisotopic (exact) mass is 528 g/mol. The first-order valence-corrected chi connectivity index (χ1v) is 13.5. The summed E-state index contributed by atoms with van der Waals surface area (Å²) in [5.74, 6) is -0.0156. The molecule has 2 aliphatic heterocycles. The van der Waals surface area contributed by atoms with Crippen LogP contribution in [-0.2, 0) is 15.1 Å². The number of carbonyl (C=O) groups is 1. The molecule has 0 spiro atoms. The van der Waals surface area contributed by atoms with E-state index < -0.39 is 5.60 Å². The van der Waals surface area contributed by atoms with Gasteiger partial charge in [0.1, 0.15) is 16.7 Å². The molecule has 7 rings (SSSR count). The number of anilines is 1. The van der Waals surface area contributed by atoms with Crippen LogP contribution in [0.5, 0.6) is 0 Å². The first-order chi connectivity index (χ1) is 18.3. The third-order valence-corrected chi connectivity index (χ3v) is 8.51. The number of rotatable bonds is 6. The number of aromatic nitrogens is 5. The van der Waals surface area contributed by atoms with E-state index in [0.717, 1.165) is 63.9 Å². The molecule has 1 aliphatic carbocycles. The molecule has 0 atom stereocenters. The molecule has 0 aromatic carbocycles. The Kier molecular flexibility index (Phi) is 5.89. The highest BCUT2D eigenvalue weighted by Gasteiger charge is 2.52. The number of hydrogen-bond donors (Lipinski definition) is 2. The molecule has 10 nitrogen and oxygen atoms in total. The molecular formula is C27H28N8O2S. The summed E-state index contributed by atoms with van der Waals surface area (Å²) in [5.41, 5.74) is 4.01. The van der Waals surface area contributed by atoms with Crippen LogP contribution < -0.4 is 10.6 Å². The molecule has 11 heteroatoms. The van der Waals surface area contributed by atoms with E-state index in [9.17, 15) is 10.1 Å². The molecule has 4 aromatic rings. The summed E-state index contributed by atoms with van der Waals surface area (Å²) in [5, 5.41) is 31.1. The van der Waals surface area contributed by atoms with Crippen LogP contribution in [0.4, 0.5) is 5.69 Å². The Hall–Kier alpha value is -3.88. The molecule has 2 N–H and O–H groups in total. The average Bonchev–Trinajstić information content (AvgIpc) is 3.56. The lowest BCUT2D eigenvalue weighted by molar-refractivity contribution is -0.171. The first kappa shape index (κ1) is 24.5. The summed E-state index contributed by atoms with van der Waals surface area (Å²) in [4.78, 5) is 16.4.